The minimum absolute atomic E-state index is 0.165. The van der Waals surface area contributed by atoms with Gasteiger partial charge in [0.25, 0.3) is 7.82 Å². The van der Waals surface area contributed by atoms with Gasteiger partial charge in [0, 0.05) is 0 Å². The van der Waals surface area contributed by atoms with E-state index in [9.17, 15) is 9.46 Å². The van der Waals surface area contributed by atoms with Crippen LogP contribution in [0.1, 0.15) is 78.1 Å². The monoisotopic (exact) mass is 365 g/mol. The SMILES string of the molecule is CCCCCCCCCCC(CC)OP(=O)([O-])OCC[N+](C)(C)C. The molecule has 0 spiro atoms. The Bertz CT molecular complexity index is 344. The molecule has 24 heavy (non-hydrogen) atoms. The molecule has 0 aromatic carbocycles. The molecular weight excluding hydrogens is 325 g/mol. The first-order valence-electron chi connectivity index (χ1n) is 9.64. The molecule has 0 aromatic rings. The van der Waals surface area contributed by atoms with E-state index < -0.39 is 7.82 Å². The largest absolute Gasteiger partial charge is 0.756 e. The fraction of sp³-hybridized carbons (Fsp3) is 1.00. The summed E-state index contributed by atoms with van der Waals surface area (Å²) in [5.74, 6) is 0. The Kier molecular flexibility index (Phi) is 13.3. The Hall–Kier alpha value is 0.0700. The van der Waals surface area contributed by atoms with Gasteiger partial charge in [-0.25, -0.2) is 0 Å². The van der Waals surface area contributed by atoms with Gasteiger partial charge in [-0.3, -0.25) is 4.57 Å². The van der Waals surface area contributed by atoms with Crippen molar-refractivity contribution < 1.29 is 23.0 Å². The van der Waals surface area contributed by atoms with E-state index in [1.165, 1.54) is 38.5 Å². The molecule has 0 fully saturated rings. The molecule has 0 amide bonds. The Labute approximate surface area is 149 Å². The van der Waals surface area contributed by atoms with Crippen molar-refractivity contribution in [2.75, 3.05) is 34.3 Å². The lowest BCUT2D eigenvalue weighted by atomic mass is 10.0. The second kappa shape index (κ2) is 13.3. The topological polar surface area (TPSA) is 58.6 Å². The summed E-state index contributed by atoms with van der Waals surface area (Å²) in [6, 6.07) is 0. The zero-order valence-corrected chi connectivity index (χ0v) is 17.5. The first-order valence-corrected chi connectivity index (χ1v) is 11.1. The third-order valence-corrected chi connectivity index (χ3v) is 5.18. The van der Waals surface area contributed by atoms with Gasteiger partial charge in [-0.15, -0.1) is 0 Å². The average Bonchev–Trinajstić information content (AvgIpc) is 2.47. The van der Waals surface area contributed by atoms with Crippen LogP contribution in [0.4, 0.5) is 0 Å². The molecule has 0 saturated carbocycles. The highest BCUT2D eigenvalue weighted by Gasteiger charge is 2.18. The van der Waals surface area contributed by atoms with Crippen molar-refractivity contribution >= 4 is 7.82 Å². The van der Waals surface area contributed by atoms with Gasteiger partial charge in [-0.05, 0) is 12.8 Å². The second-order valence-electron chi connectivity index (χ2n) is 7.69. The van der Waals surface area contributed by atoms with Crippen molar-refractivity contribution in [3.05, 3.63) is 0 Å². The number of quaternary nitrogens is 1. The predicted octanol–water partition coefficient (Wildman–Crippen LogP) is 4.50. The molecule has 0 radical (unpaired) electrons. The maximum atomic E-state index is 11.9. The van der Waals surface area contributed by atoms with Crippen LogP contribution in [0.2, 0.25) is 0 Å². The number of rotatable bonds is 16. The van der Waals surface area contributed by atoms with Gasteiger partial charge in [-0.2, -0.15) is 0 Å². The third kappa shape index (κ3) is 15.6. The summed E-state index contributed by atoms with van der Waals surface area (Å²) < 4.78 is 22.8. The molecule has 146 valence electrons. The molecule has 0 aliphatic heterocycles. The van der Waals surface area contributed by atoms with Crippen molar-refractivity contribution in [1.29, 1.82) is 0 Å². The molecule has 0 aliphatic carbocycles. The second-order valence-corrected chi connectivity index (χ2v) is 9.06. The van der Waals surface area contributed by atoms with E-state index in [-0.39, 0.29) is 12.7 Å². The highest BCUT2D eigenvalue weighted by Crippen LogP contribution is 2.41. The molecule has 0 heterocycles. The average molecular weight is 365 g/mol. The van der Waals surface area contributed by atoms with Gasteiger partial charge in [-0.1, -0.05) is 65.2 Å². The van der Waals surface area contributed by atoms with Crippen molar-refractivity contribution in [3.63, 3.8) is 0 Å². The highest BCUT2D eigenvalue weighted by atomic mass is 31.2. The van der Waals surface area contributed by atoms with Gasteiger partial charge in [0.05, 0.1) is 27.2 Å². The first-order chi connectivity index (χ1) is 11.2. The highest BCUT2D eigenvalue weighted by molar-refractivity contribution is 7.45. The minimum atomic E-state index is -4.19. The summed E-state index contributed by atoms with van der Waals surface area (Å²) in [5, 5.41) is 0. The number of nitrogens with zero attached hydrogens (tertiary/aromatic N) is 1. The number of likely N-dealkylation sites (N-methyl/N-ethyl adjacent to an activating group) is 1. The smallest absolute Gasteiger partial charge is 0.268 e. The van der Waals surface area contributed by atoms with Gasteiger partial charge in [0.2, 0.25) is 0 Å². The van der Waals surface area contributed by atoms with Crippen LogP contribution in [0, 0.1) is 0 Å². The van der Waals surface area contributed by atoms with Crippen LogP contribution in [0.5, 0.6) is 0 Å². The van der Waals surface area contributed by atoms with E-state index in [0.29, 0.717) is 17.4 Å². The molecular formula is C18H40NO4P. The van der Waals surface area contributed by atoms with Crippen LogP contribution in [0.3, 0.4) is 0 Å². The minimum Gasteiger partial charge on any atom is -0.756 e. The van der Waals surface area contributed by atoms with Crippen LogP contribution >= 0.6 is 7.82 Å². The van der Waals surface area contributed by atoms with Crippen LogP contribution in [0.25, 0.3) is 0 Å². The first kappa shape index (κ1) is 24.1. The van der Waals surface area contributed by atoms with Gasteiger partial charge in [0.15, 0.2) is 0 Å². The zero-order chi connectivity index (χ0) is 18.5. The van der Waals surface area contributed by atoms with Crippen molar-refractivity contribution in [1.82, 2.24) is 0 Å². The normalized spacial score (nSPS) is 16.1. The number of hydrogen-bond acceptors (Lipinski definition) is 4. The fourth-order valence-electron chi connectivity index (χ4n) is 2.48. The molecule has 0 N–H and O–H groups in total. The van der Waals surface area contributed by atoms with E-state index in [4.69, 9.17) is 9.05 Å². The third-order valence-electron chi connectivity index (χ3n) is 4.12. The molecule has 0 aliphatic rings. The molecule has 6 heteroatoms. The molecule has 0 saturated heterocycles. The molecule has 2 unspecified atom stereocenters. The summed E-state index contributed by atoms with van der Waals surface area (Å²) in [5.41, 5.74) is 0. The van der Waals surface area contributed by atoms with Gasteiger partial charge >= 0.3 is 0 Å². The van der Waals surface area contributed by atoms with E-state index >= 15 is 0 Å². The quantitative estimate of drug-likeness (QED) is 0.229. The van der Waals surface area contributed by atoms with Gasteiger partial charge in [0.1, 0.15) is 13.2 Å². The van der Waals surface area contributed by atoms with E-state index in [1.54, 1.807) is 0 Å². The Morgan fingerprint density at radius 1 is 0.958 bits per heavy atom. The Balaban J connectivity index is 3.85. The standard InChI is InChI=1S/C18H40NO4P/c1-6-8-9-10-11-12-13-14-15-18(7-2)23-24(20,21)22-17-16-19(3,4)5/h18H,6-17H2,1-5H3. The van der Waals surface area contributed by atoms with Crippen LogP contribution in [-0.4, -0.2) is 44.9 Å². The maximum absolute atomic E-state index is 11.9. The number of unbranched alkanes of at least 4 members (excludes halogenated alkanes) is 7. The van der Waals surface area contributed by atoms with Crippen LogP contribution in [-0.2, 0) is 13.6 Å². The Morgan fingerprint density at radius 2 is 1.50 bits per heavy atom. The fourth-order valence-corrected chi connectivity index (χ4v) is 3.46. The molecule has 0 aromatic heterocycles. The Morgan fingerprint density at radius 3 is 2.00 bits per heavy atom. The molecule has 2 atom stereocenters. The lowest BCUT2D eigenvalue weighted by molar-refractivity contribution is -0.870. The lowest BCUT2D eigenvalue weighted by Gasteiger charge is -2.29. The van der Waals surface area contributed by atoms with E-state index in [2.05, 4.69) is 6.92 Å². The van der Waals surface area contributed by atoms with Crippen LogP contribution < -0.4 is 4.89 Å². The van der Waals surface area contributed by atoms with Gasteiger partial charge < -0.3 is 18.4 Å². The van der Waals surface area contributed by atoms with E-state index in [1.807, 2.05) is 28.1 Å². The van der Waals surface area contributed by atoms with Crippen LogP contribution in [0.15, 0.2) is 0 Å². The summed E-state index contributed by atoms with van der Waals surface area (Å²) in [6.07, 6.45) is 11.2. The maximum Gasteiger partial charge on any atom is 0.268 e. The summed E-state index contributed by atoms with van der Waals surface area (Å²) in [7, 11) is 1.81. The number of phosphoric acid groups is 1. The summed E-state index contributed by atoms with van der Waals surface area (Å²) in [4.78, 5) is 11.9. The van der Waals surface area contributed by atoms with Crippen molar-refractivity contribution in [2.45, 2.75) is 84.2 Å². The number of hydrogen-bond donors (Lipinski definition) is 0. The summed E-state index contributed by atoms with van der Waals surface area (Å²) >= 11 is 0. The van der Waals surface area contributed by atoms with Crippen molar-refractivity contribution in [3.8, 4) is 0 Å². The predicted molar refractivity (Wildman–Crippen MR) is 98.8 cm³/mol. The molecule has 5 nitrogen and oxygen atoms in total. The zero-order valence-electron chi connectivity index (χ0n) is 16.6. The van der Waals surface area contributed by atoms with E-state index in [0.717, 1.165) is 19.3 Å². The molecule has 0 rings (SSSR count). The lowest BCUT2D eigenvalue weighted by Crippen LogP contribution is -2.37. The number of phosphoric ester groups is 1. The van der Waals surface area contributed by atoms with Crippen molar-refractivity contribution in [2.24, 2.45) is 0 Å². The summed E-state index contributed by atoms with van der Waals surface area (Å²) in [6.45, 7) is 4.98. The molecule has 0 bridgehead atoms.